The molecular weight excluding hydrogens is 305 g/mol. The maximum Gasteiger partial charge on any atom is 0.129 e. The minimum Gasteiger partial charge on any atom is -0.508 e. The Kier molecular flexibility index (Phi) is 3.87. The Balaban J connectivity index is 3.22. The third-order valence-electron chi connectivity index (χ3n) is 2.03. The number of benzene rings is 1. The lowest BCUT2D eigenvalue weighted by Crippen LogP contribution is -2.14. The first-order chi connectivity index (χ1) is 6.32. The molecular formula is C10H13BIOP. The highest BCUT2D eigenvalue weighted by molar-refractivity contribution is 14.2. The van der Waals surface area contributed by atoms with Crippen molar-refractivity contribution in [1.29, 1.82) is 0 Å². The molecule has 0 bridgehead atoms. The highest BCUT2D eigenvalue weighted by Crippen LogP contribution is 2.40. The van der Waals surface area contributed by atoms with E-state index in [4.69, 9.17) is 7.57 Å². The Morgan fingerprint density at radius 2 is 1.93 bits per heavy atom. The minimum absolute atomic E-state index is 0.0396. The van der Waals surface area contributed by atoms with E-state index in [1.54, 1.807) is 6.07 Å². The zero-order valence-corrected chi connectivity index (χ0v) is 11.6. The molecule has 0 aliphatic heterocycles. The molecule has 4 heteroatoms. The van der Waals surface area contributed by atoms with Crippen LogP contribution in [0.3, 0.4) is 0 Å². The van der Waals surface area contributed by atoms with E-state index in [0.29, 0.717) is 5.75 Å². The van der Waals surface area contributed by atoms with Gasteiger partial charge < -0.3 is 5.11 Å². The topological polar surface area (TPSA) is 20.2 Å². The lowest BCUT2D eigenvalue weighted by atomic mass is 9.86. The second kappa shape index (κ2) is 4.40. The van der Waals surface area contributed by atoms with E-state index >= 15 is 0 Å². The lowest BCUT2D eigenvalue weighted by Gasteiger charge is -2.21. The van der Waals surface area contributed by atoms with E-state index in [1.807, 2.05) is 12.1 Å². The Bertz CT molecular complexity index is 333. The van der Waals surface area contributed by atoms with Gasteiger partial charge in [-0.3, -0.25) is 0 Å². The Hall–Kier alpha value is 0.245. The maximum absolute atomic E-state index is 9.72. The molecule has 1 unspecified atom stereocenters. The largest absolute Gasteiger partial charge is 0.508 e. The Labute approximate surface area is 101 Å². The molecule has 1 aromatic carbocycles. The summed E-state index contributed by atoms with van der Waals surface area (Å²) in [6, 6.07) is 5.63. The molecule has 2 radical (unpaired) electrons. The van der Waals surface area contributed by atoms with E-state index in [2.05, 4.69) is 42.8 Å². The molecule has 0 aromatic heterocycles. The quantitative estimate of drug-likeness (QED) is 0.479. The fourth-order valence-electron chi connectivity index (χ4n) is 1.26. The van der Waals surface area contributed by atoms with Crippen molar-refractivity contribution < 1.29 is 5.11 Å². The van der Waals surface area contributed by atoms with Gasteiger partial charge in [-0.1, -0.05) is 54.3 Å². The van der Waals surface area contributed by atoms with Gasteiger partial charge in [-0.2, -0.15) is 0 Å². The van der Waals surface area contributed by atoms with Crippen LogP contribution in [-0.4, -0.2) is 12.7 Å². The highest BCUT2D eigenvalue weighted by atomic mass is 127. The van der Waals surface area contributed by atoms with E-state index in [1.165, 1.54) is 0 Å². The van der Waals surface area contributed by atoms with Crippen molar-refractivity contribution >= 4 is 40.4 Å². The van der Waals surface area contributed by atoms with Gasteiger partial charge in [0.1, 0.15) is 13.3 Å². The summed E-state index contributed by atoms with van der Waals surface area (Å²) in [6.45, 7) is 6.24. The van der Waals surface area contributed by atoms with Crippen molar-refractivity contribution in [3.63, 3.8) is 0 Å². The maximum atomic E-state index is 9.72. The van der Waals surface area contributed by atoms with Crippen LogP contribution in [0.15, 0.2) is 18.2 Å². The van der Waals surface area contributed by atoms with Crippen LogP contribution in [0.25, 0.3) is 0 Å². The molecule has 0 aliphatic carbocycles. The van der Waals surface area contributed by atoms with Gasteiger partial charge in [0.05, 0.1) is 0 Å². The zero-order valence-electron chi connectivity index (χ0n) is 8.58. The van der Waals surface area contributed by atoms with Gasteiger partial charge in [-0.05, 0) is 28.4 Å². The molecule has 74 valence electrons. The average molecular weight is 318 g/mol. The molecule has 0 aliphatic rings. The summed E-state index contributed by atoms with van der Waals surface area (Å²) < 4.78 is 0. The van der Waals surface area contributed by atoms with Crippen LogP contribution in [0.2, 0.25) is 0 Å². The predicted molar refractivity (Wildman–Crippen MR) is 73.1 cm³/mol. The summed E-state index contributed by atoms with van der Waals surface area (Å²) in [6.07, 6.45) is 0. The zero-order chi connectivity index (χ0) is 10.9. The smallest absolute Gasteiger partial charge is 0.129 e. The van der Waals surface area contributed by atoms with E-state index < -0.39 is 5.44 Å². The van der Waals surface area contributed by atoms with Crippen LogP contribution < -0.4 is 5.30 Å². The Morgan fingerprint density at radius 3 is 2.36 bits per heavy atom. The average Bonchev–Trinajstić information content (AvgIpc) is 2.02. The van der Waals surface area contributed by atoms with Crippen molar-refractivity contribution in [1.82, 2.24) is 0 Å². The summed E-state index contributed by atoms with van der Waals surface area (Å²) >= 11 is 2.23. The molecule has 1 atom stereocenters. The number of aromatic hydroxyl groups is 1. The van der Waals surface area contributed by atoms with Gasteiger partial charge in [0.25, 0.3) is 0 Å². The molecule has 1 nitrogen and oxygen atoms in total. The van der Waals surface area contributed by atoms with Crippen molar-refractivity contribution in [2.24, 2.45) is 0 Å². The molecule has 0 heterocycles. The second-order valence-corrected chi connectivity index (χ2v) is 8.52. The highest BCUT2D eigenvalue weighted by Gasteiger charge is 2.18. The van der Waals surface area contributed by atoms with Gasteiger partial charge >= 0.3 is 0 Å². The van der Waals surface area contributed by atoms with Gasteiger partial charge in [0, 0.05) is 0 Å². The molecule has 1 rings (SSSR count). The fraction of sp³-hybridized carbons (Fsp3) is 0.400. The van der Waals surface area contributed by atoms with Crippen molar-refractivity contribution in [3.05, 3.63) is 23.8 Å². The van der Waals surface area contributed by atoms with Crippen molar-refractivity contribution in [3.8, 4) is 5.75 Å². The number of rotatable bonds is 1. The van der Waals surface area contributed by atoms with Crippen LogP contribution >= 0.6 is 27.5 Å². The summed E-state index contributed by atoms with van der Waals surface area (Å²) in [4.78, 5) is 0. The van der Waals surface area contributed by atoms with E-state index in [-0.39, 0.29) is 5.41 Å². The van der Waals surface area contributed by atoms with Gasteiger partial charge in [-0.25, -0.2) is 0 Å². The van der Waals surface area contributed by atoms with Gasteiger partial charge in [-0.15, -0.1) is 0 Å². The first-order valence-electron chi connectivity index (χ1n) is 4.36. The van der Waals surface area contributed by atoms with Crippen LogP contribution in [-0.2, 0) is 5.41 Å². The van der Waals surface area contributed by atoms with Crippen LogP contribution in [0, 0.1) is 0 Å². The van der Waals surface area contributed by atoms with Crippen molar-refractivity contribution in [2.45, 2.75) is 26.2 Å². The summed E-state index contributed by atoms with van der Waals surface area (Å²) in [5.74, 6) is 0.356. The SMILES string of the molecule is [B]P(I)c1ccc(O)c(C(C)(C)C)c1. The summed E-state index contributed by atoms with van der Waals surface area (Å²) in [7, 11) is 5.85. The van der Waals surface area contributed by atoms with E-state index in [0.717, 1.165) is 10.9 Å². The molecule has 0 saturated heterocycles. The lowest BCUT2D eigenvalue weighted by molar-refractivity contribution is 0.447. The number of phenolic OH excluding ortho intramolecular Hbond substituents is 1. The third-order valence-corrected chi connectivity index (χ3v) is 4.48. The van der Waals surface area contributed by atoms with Gasteiger partial charge in [0.15, 0.2) is 0 Å². The summed E-state index contributed by atoms with van der Waals surface area (Å²) in [5, 5.41) is 10.8. The molecule has 1 aromatic rings. The second-order valence-electron chi connectivity index (χ2n) is 4.26. The fourth-order valence-corrected chi connectivity index (χ4v) is 2.63. The van der Waals surface area contributed by atoms with Crippen LogP contribution in [0.1, 0.15) is 26.3 Å². The standard InChI is InChI=1S/C10H13BIOP/c1-10(2,3)8-6-7(14(11)12)4-5-9(8)13/h4-6,13H,1-3H3. The number of hydrogen-bond donors (Lipinski definition) is 1. The first kappa shape index (κ1) is 12.3. The number of hydrogen-bond acceptors (Lipinski definition) is 1. The molecule has 0 fully saturated rings. The number of halogens is 1. The number of phenols is 1. The van der Waals surface area contributed by atoms with Crippen LogP contribution in [0.5, 0.6) is 5.75 Å². The monoisotopic (exact) mass is 318 g/mol. The summed E-state index contributed by atoms with van der Waals surface area (Å²) in [5.41, 5.74) is 0.311. The third kappa shape index (κ3) is 2.87. The normalized spacial score (nSPS) is 14.0. The minimum atomic E-state index is -0.612. The molecule has 1 N–H and O–H groups in total. The predicted octanol–water partition coefficient (Wildman–Crippen LogP) is 3.23. The molecule has 0 amide bonds. The molecule has 14 heavy (non-hydrogen) atoms. The molecule has 0 saturated carbocycles. The molecule has 0 spiro atoms. The Morgan fingerprint density at radius 1 is 1.36 bits per heavy atom. The first-order valence-corrected chi connectivity index (χ1v) is 8.56. The van der Waals surface area contributed by atoms with E-state index in [9.17, 15) is 5.11 Å². The van der Waals surface area contributed by atoms with Gasteiger partial charge in [0.2, 0.25) is 0 Å². The van der Waals surface area contributed by atoms with Crippen LogP contribution in [0.4, 0.5) is 0 Å². The van der Waals surface area contributed by atoms with Crippen molar-refractivity contribution in [2.75, 3.05) is 0 Å².